The van der Waals surface area contributed by atoms with Crippen LogP contribution in [0, 0.1) is 11.8 Å². The van der Waals surface area contributed by atoms with E-state index in [2.05, 4.69) is 15.1 Å². The third kappa shape index (κ3) is 1.84. The Labute approximate surface area is 101 Å². The Kier molecular flexibility index (Phi) is 2.63. The Morgan fingerprint density at radius 2 is 2.06 bits per heavy atom. The number of methoxy groups -OCH3 is 1. The van der Waals surface area contributed by atoms with Crippen molar-refractivity contribution >= 4 is 5.69 Å². The van der Waals surface area contributed by atoms with E-state index in [9.17, 15) is 0 Å². The number of nitrogens with zero attached hydrogens (tertiary/aromatic N) is 3. The molecule has 1 aromatic rings. The van der Waals surface area contributed by atoms with Gasteiger partial charge in [-0.1, -0.05) is 0 Å². The molecule has 1 aliphatic heterocycles. The SMILES string of the molecule is COc1cc(N2C[C@H]3CC[C@@H](C2)[C@@H]3N)cnn1. The molecule has 5 heteroatoms. The second-order valence-electron chi connectivity index (χ2n) is 5.04. The Morgan fingerprint density at radius 3 is 2.71 bits per heavy atom. The summed E-state index contributed by atoms with van der Waals surface area (Å²) in [6, 6.07) is 2.34. The fourth-order valence-corrected chi connectivity index (χ4v) is 3.09. The van der Waals surface area contributed by atoms with E-state index in [1.165, 1.54) is 12.8 Å². The molecule has 0 amide bonds. The molecular formula is C12H18N4O. The maximum absolute atomic E-state index is 6.20. The third-order valence-corrected chi connectivity index (χ3v) is 4.10. The first kappa shape index (κ1) is 10.8. The van der Waals surface area contributed by atoms with E-state index in [1.807, 2.05) is 6.07 Å². The zero-order chi connectivity index (χ0) is 11.8. The molecule has 2 heterocycles. The predicted molar refractivity (Wildman–Crippen MR) is 65.0 cm³/mol. The summed E-state index contributed by atoms with van der Waals surface area (Å²) >= 11 is 0. The summed E-state index contributed by atoms with van der Waals surface area (Å²) in [7, 11) is 1.61. The van der Waals surface area contributed by atoms with E-state index >= 15 is 0 Å². The Morgan fingerprint density at radius 1 is 1.35 bits per heavy atom. The van der Waals surface area contributed by atoms with Gasteiger partial charge in [-0.15, -0.1) is 5.10 Å². The number of hydrogen-bond acceptors (Lipinski definition) is 5. The number of nitrogens with two attached hydrogens (primary N) is 1. The van der Waals surface area contributed by atoms with Crippen molar-refractivity contribution in [2.75, 3.05) is 25.1 Å². The second-order valence-corrected chi connectivity index (χ2v) is 5.04. The van der Waals surface area contributed by atoms with Crippen molar-refractivity contribution in [3.8, 4) is 5.88 Å². The van der Waals surface area contributed by atoms with Gasteiger partial charge in [0, 0.05) is 25.2 Å². The first-order valence-corrected chi connectivity index (χ1v) is 6.15. The first-order chi connectivity index (χ1) is 8.28. The maximum Gasteiger partial charge on any atom is 0.235 e. The Hall–Kier alpha value is -1.36. The highest BCUT2D eigenvalue weighted by atomic mass is 16.5. The molecular weight excluding hydrogens is 216 g/mol. The van der Waals surface area contributed by atoms with Gasteiger partial charge in [0.05, 0.1) is 19.0 Å². The molecule has 1 aliphatic carbocycles. The summed E-state index contributed by atoms with van der Waals surface area (Å²) in [6.45, 7) is 2.07. The molecule has 5 nitrogen and oxygen atoms in total. The van der Waals surface area contributed by atoms with Crippen LogP contribution < -0.4 is 15.4 Å². The monoisotopic (exact) mass is 234 g/mol. The van der Waals surface area contributed by atoms with Crippen molar-refractivity contribution in [1.29, 1.82) is 0 Å². The van der Waals surface area contributed by atoms with Crippen molar-refractivity contribution in [2.24, 2.45) is 17.6 Å². The summed E-state index contributed by atoms with van der Waals surface area (Å²) in [5, 5.41) is 7.87. The largest absolute Gasteiger partial charge is 0.480 e. The van der Waals surface area contributed by atoms with Crippen LogP contribution in [-0.2, 0) is 0 Å². The third-order valence-electron chi connectivity index (χ3n) is 4.10. The first-order valence-electron chi connectivity index (χ1n) is 6.15. The molecule has 92 valence electrons. The van der Waals surface area contributed by atoms with E-state index in [-0.39, 0.29) is 0 Å². The molecule has 1 saturated carbocycles. The molecule has 2 N–H and O–H groups in total. The van der Waals surface area contributed by atoms with Crippen LogP contribution in [-0.4, -0.2) is 36.4 Å². The molecule has 0 radical (unpaired) electrons. The van der Waals surface area contributed by atoms with Crippen LogP contribution in [0.5, 0.6) is 5.88 Å². The standard InChI is InChI=1S/C12H18N4O/c1-17-11-4-10(5-14-15-11)16-6-8-2-3-9(7-16)12(8)13/h4-5,8-9,12H,2-3,6-7,13H2,1H3/t8-,9+,12-. The zero-order valence-electron chi connectivity index (χ0n) is 10.0. The van der Waals surface area contributed by atoms with E-state index < -0.39 is 0 Å². The Bertz CT molecular complexity index is 397. The van der Waals surface area contributed by atoms with Crippen molar-refractivity contribution < 1.29 is 4.74 Å². The number of rotatable bonds is 2. The van der Waals surface area contributed by atoms with Gasteiger partial charge < -0.3 is 15.4 Å². The van der Waals surface area contributed by atoms with E-state index in [4.69, 9.17) is 10.5 Å². The number of ether oxygens (including phenoxy) is 1. The Balaban J connectivity index is 1.81. The molecule has 0 aromatic carbocycles. The van der Waals surface area contributed by atoms with E-state index in [1.54, 1.807) is 13.3 Å². The minimum absolute atomic E-state index is 0.392. The van der Waals surface area contributed by atoms with Gasteiger partial charge in [0.2, 0.25) is 5.88 Å². The molecule has 17 heavy (non-hydrogen) atoms. The minimum atomic E-state index is 0.392. The van der Waals surface area contributed by atoms with Crippen LogP contribution in [0.1, 0.15) is 12.8 Å². The van der Waals surface area contributed by atoms with Crippen LogP contribution in [0.4, 0.5) is 5.69 Å². The van der Waals surface area contributed by atoms with Gasteiger partial charge in [0.25, 0.3) is 0 Å². The number of aromatic nitrogens is 2. The highest BCUT2D eigenvalue weighted by Crippen LogP contribution is 2.37. The fraction of sp³-hybridized carbons (Fsp3) is 0.667. The number of anilines is 1. The normalized spacial score (nSPS) is 31.6. The van der Waals surface area contributed by atoms with Crippen molar-refractivity contribution in [2.45, 2.75) is 18.9 Å². The average molecular weight is 234 g/mol. The highest BCUT2D eigenvalue weighted by molar-refractivity contribution is 5.47. The predicted octanol–water partition coefficient (Wildman–Crippen LogP) is 0.659. The van der Waals surface area contributed by atoms with Crippen molar-refractivity contribution in [3.63, 3.8) is 0 Å². The molecule has 2 aliphatic rings. The van der Waals surface area contributed by atoms with Crippen molar-refractivity contribution in [1.82, 2.24) is 10.2 Å². The van der Waals surface area contributed by atoms with Crippen LogP contribution in [0.2, 0.25) is 0 Å². The van der Waals surface area contributed by atoms with Crippen LogP contribution in [0.15, 0.2) is 12.3 Å². The topological polar surface area (TPSA) is 64.3 Å². The number of hydrogen-bond donors (Lipinski definition) is 1. The highest BCUT2D eigenvalue weighted by Gasteiger charge is 2.39. The molecule has 2 fully saturated rings. The van der Waals surface area contributed by atoms with Gasteiger partial charge in [-0.2, -0.15) is 5.10 Å². The lowest BCUT2D eigenvalue weighted by atomic mass is 9.93. The molecule has 0 unspecified atom stereocenters. The zero-order valence-corrected chi connectivity index (χ0v) is 10.0. The summed E-state index contributed by atoms with van der Waals surface area (Å²) in [4.78, 5) is 2.36. The lowest BCUT2D eigenvalue weighted by Gasteiger charge is -2.37. The molecule has 3 atom stereocenters. The van der Waals surface area contributed by atoms with Gasteiger partial charge in [0.15, 0.2) is 0 Å². The quantitative estimate of drug-likeness (QED) is 0.814. The summed E-state index contributed by atoms with van der Waals surface area (Å²) in [5.74, 6) is 1.84. The van der Waals surface area contributed by atoms with E-state index in [0.29, 0.717) is 23.8 Å². The summed E-state index contributed by atoms with van der Waals surface area (Å²) in [5.41, 5.74) is 7.30. The van der Waals surface area contributed by atoms with Gasteiger partial charge in [-0.25, -0.2) is 0 Å². The maximum atomic E-state index is 6.20. The van der Waals surface area contributed by atoms with Gasteiger partial charge >= 0.3 is 0 Å². The second kappa shape index (κ2) is 4.14. The molecule has 2 bridgehead atoms. The van der Waals surface area contributed by atoms with Gasteiger partial charge in [-0.3, -0.25) is 0 Å². The molecule has 3 rings (SSSR count). The van der Waals surface area contributed by atoms with Crippen LogP contribution in [0.25, 0.3) is 0 Å². The smallest absolute Gasteiger partial charge is 0.235 e. The van der Waals surface area contributed by atoms with Crippen LogP contribution in [0.3, 0.4) is 0 Å². The minimum Gasteiger partial charge on any atom is -0.480 e. The van der Waals surface area contributed by atoms with E-state index in [0.717, 1.165) is 18.8 Å². The van der Waals surface area contributed by atoms with Crippen LogP contribution >= 0.6 is 0 Å². The summed E-state index contributed by atoms with van der Waals surface area (Å²) in [6.07, 6.45) is 4.33. The average Bonchev–Trinajstić information content (AvgIpc) is 2.61. The van der Waals surface area contributed by atoms with Gasteiger partial charge in [0.1, 0.15) is 0 Å². The number of fused-ring (bicyclic) bond motifs is 2. The number of piperidine rings is 1. The molecule has 1 aromatic heterocycles. The fourth-order valence-electron chi connectivity index (χ4n) is 3.09. The van der Waals surface area contributed by atoms with Gasteiger partial charge in [-0.05, 0) is 24.7 Å². The summed E-state index contributed by atoms with van der Waals surface area (Å²) < 4.78 is 5.11. The lowest BCUT2D eigenvalue weighted by molar-refractivity contribution is 0.354. The molecule has 0 spiro atoms. The molecule has 1 saturated heterocycles. The van der Waals surface area contributed by atoms with Crippen molar-refractivity contribution in [3.05, 3.63) is 12.3 Å². The lowest BCUT2D eigenvalue weighted by Crippen LogP contribution is -2.48.